The summed E-state index contributed by atoms with van der Waals surface area (Å²) in [5.74, 6) is 0.0680. The van der Waals surface area contributed by atoms with Gasteiger partial charge in [-0.25, -0.2) is 0 Å². The average molecular weight is 307 g/mol. The molecule has 1 N–H and O–H groups in total. The van der Waals surface area contributed by atoms with Crippen LogP contribution in [0.15, 0.2) is 36.5 Å². The molecule has 1 fully saturated rings. The molecule has 0 atom stereocenters. The van der Waals surface area contributed by atoms with E-state index in [1.54, 1.807) is 4.68 Å². The fourth-order valence-corrected chi connectivity index (χ4v) is 2.49. The number of nitrogens with zero attached hydrogens (tertiary/aromatic N) is 3. The van der Waals surface area contributed by atoms with E-state index in [-0.39, 0.29) is 18.3 Å². The molecule has 1 aliphatic heterocycles. The van der Waals surface area contributed by atoms with Crippen LogP contribution in [0.3, 0.4) is 0 Å². The maximum Gasteiger partial charge on any atom is 0.257 e. The van der Waals surface area contributed by atoms with Crippen molar-refractivity contribution in [3.63, 3.8) is 0 Å². The minimum absolute atomic E-state index is 0. The molecule has 3 rings (SSSR count). The molecule has 1 saturated heterocycles. The molecule has 0 spiro atoms. The number of halogens is 1. The molecule has 1 aliphatic rings. The molecule has 5 nitrogen and oxygen atoms in total. The van der Waals surface area contributed by atoms with Crippen LogP contribution in [0.2, 0.25) is 0 Å². The van der Waals surface area contributed by atoms with Gasteiger partial charge < -0.3 is 10.2 Å². The smallest absolute Gasteiger partial charge is 0.257 e. The van der Waals surface area contributed by atoms with Gasteiger partial charge in [-0.1, -0.05) is 30.3 Å². The van der Waals surface area contributed by atoms with Gasteiger partial charge in [0.1, 0.15) is 5.69 Å². The summed E-state index contributed by atoms with van der Waals surface area (Å²) in [5.41, 5.74) is 2.42. The number of nitrogens with one attached hydrogen (secondary N) is 1. The second kappa shape index (κ2) is 6.74. The van der Waals surface area contributed by atoms with E-state index in [0.717, 1.165) is 37.4 Å². The molecule has 2 aromatic rings. The summed E-state index contributed by atoms with van der Waals surface area (Å²) in [6, 6.07) is 9.85. The highest BCUT2D eigenvalue weighted by Gasteiger charge is 2.23. The van der Waals surface area contributed by atoms with Gasteiger partial charge in [-0.15, -0.1) is 12.4 Å². The third-order valence-corrected chi connectivity index (χ3v) is 3.51. The first-order valence-corrected chi connectivity index (χ1v) is 6.85. The Kier molecular flexibility index (Phi) is 4.98. The van der Waals surface area contributed by atoms with Crippen molar-refractivity contribution in [2.24, 2.45) is 7.05 Å². The van der Waals surface area contributed by atoms with Crippen LogP contribution in [0.5, 0.6) is 0 Å². The molecular weight excluding hydrogens is 288 g/mol. The lowest BCUT2D eigenvalue weighted by Gasteiger charge is -2.27. The molecule has 0 aliphatic carbocycles. The third-order valence-electron chi connectivity index (χ3n) is 3.51. The largest absolute Gasteiger partial charge is 0.336 e. The molecule has 1 aromatic carbocycles. The van der Waals surface area contributed by atoms with Gasteiger partial charge in [0, 0.05) is 45.0 Å². The number of piperazine rings is 1. The summed E-state index contributed by atoms with van der Waals surface area (Å²) in [6.45, 7) is 3.21. The van der Waals surface area contributed by atoms with Crippen LogP contribution in [0, 0.1) is 0 Å². The fraction of sp³-hybridized carbons (Fsp3) is 0.333. The zero-order valence-corrected chi connectivity index (χ0v) is 12.8. The molecule has 0 unspecified atom stereocenters. The van der Waals surface area contributed by atoms with Crippen LogP contribution < -0.4 is 5.32 Å². The zero-order valence-electron chi connectivity index (χ0n) is 12.0. The fourth-order valence-electron chi connectivity index (χ4n) is 2.49. The highest BCUT2D eigenvalue weighted by Crippen LogP contribution is 2.22. The molecule has 112 valence electrons. The first kappa shape index (κ1) is 15.5. The van der Waals surface area contributed by atoms with Crippen LogP contribution in [0.25, 0.3) is 11.3 Å². The second-order valence-electron chi connectivity index (χ2n) is 4.97. The number of rotatable bonds is 2. The van der Waals surface area contributed by atoms with Crippen LogP contribution in [0.4, 0.5) is 0 Å². The molecule has 21 heavy (non-hydrogen) atoms. The Labute approximate surface area is 130 Å². The predicted molar refractivity (Wildman–Crippen MR) is 84.7 cm³/mol. The minimum atomic E-state index is 0. The Hall–Kier alpha value is -1.85. The average Bonchev–Trinajstić information content (AvgIpc) is 2.90. The topological polar surface area (TPSA) is 50.2 Å². The zero-order chi connectivity index (χ0) is 13.9. The maximum atomic E-state index is 12.7. The number of benzene rings is 1. The lowest BCUT2D eigenvalue weighted by molar-refractivity contribution is 0.0736. The highest BCUT2D eigenvalue weighted by atomic mass is 35.5. The summed E-state index contributed by atoms with van der Waals surface area (Å²) in [4.78, 5) is 14.5. The molecule has 2 heterocycles. The van der Waals surface area contributed by atoms with Gasteiger partial charge in [0.05, 0.1) is 5.56 Å². The van der Waals surface area contributed by atoms with E-state index in [2.05, 4.69) is 10.4 Å². The molecule has 0 radical (unpaired) electrons. The van der Waals surface area contributed by atoms with Gasteiger partial charge in [-0.05, 0) is 0 Å². The number of hydrogen-bond acceptors (Lipinski definition) is 3. The van der Waals surface area contributed by atoms with Crippen molar-refractivity contribution in [2.75, 3.05) is 26.2 Å². The van der Waals surface area contributed by atoms with Gasteiger partial charge >= 0.3 is 0 Å². The Bertz CT molecular complexity index is 605. The molecule has 0 saturated carbocycles. The monoisotopic (exact) mass is 306 g/mol. The van der Waals surface area contributed by atoms with Crippen LogP contribution in [-0.2, 0) is 7.05 Å². The van der Waals surface area contributed by atoms with E-state index in [9.17, 15) is 4.79 Å². The minimum Gasteiger partial charge on any atom is -0.336 e. The first-order valence-electron chi connectivity index (χ1n) is 6.85. The van der Waals surface area contributed by atoms with E-state index >= 15 is 0 Å². The van der Waals surface area contributed by atoms with Gasteiger partial charge in [0.15, 0.2) is 0 Å². The molecular formula is C15H19ClN4O. The number of carbonyl (C=O) groups excluding carboxylic acids is 1. The van der Waals surface area contributed by atoms with Crippen molar-refractivity contribution in [1.29, 1.82) is 0 Å². The number of hydrogen-bond donors (Lipinski definition) is 1. The first-order chi connectivity index (χ1) is 9.75. The molecule has 1 aromatic heterocycles. The Morgan fingerprint density at radius 3 is 2.52 bits per heavy atom. The lowest BCUT2D eigenvalue weighted by Crippen LogP contribution is -2.46. The summed E-state index contributed by atoms with van der Waals surface area (Å²) in [6.07, 6.45) is 1.81. The van der Waals surface area contributed by atoms with E-state index in [4.69, 9.17) is 0 Å². The second-order valence-corrected chi connectivity index (χ2v) is 4.97. The van der Waals surface area contributed by atoms with E-state index in [0.29, 0.717) is 5.56 Å². The van der Waals surface area contributed by atoms with E-state index in [1.165, 1.54) is 0 Å². The van der Waals surface area contributed by atoms with Crippen molar-refractivity contribution in [1.82, 2.24) is 20.0 Å². The third kappa shape index (κ3) is 3.25. The summed E-state index contributed by atoms with van der Waals surface area (Å²) in [5, 5.41) is 7.71. The SMILES string of the molecule is Cl.Cn1cc(C(=O)N2CCNCC2)c(-c2ccccc2)n1. The van der Waals surface area contributed by atoms with E-state index in [1.807, 2.05) is 48.5 Å². The lowest BCUT2D eigenvalue weighted by atomic mass is 10.1. The molecule has 0 bridgehead atoms. The predicted octanol–water partition coefficient (Wildman–Crippen LogP) is 1.55. The summed E-state index contributed by atoms with van der Waals surface area (Å²) < 4.78 is 1.71. The number of aryl methyl sites for hydroxylation is 1. The number of carbonyl (C=O) groups is 1. The van der Waals surface area contributed by atoms with Crippen molar-refractivity contribution in [2.45, 2.75) is 0 Å². The molecule has 6 heteroatoms. The number of aromatic nitrogens is 2. The quantitative estimate of drug-likeness (QED) is 0.916. The Balaban J connectivity index is 0.00000161. The van der Waals surface area contributed by atoms with Crippen LogP contribution >= 0.6 is 12.4 Å². The van der Waals surface area contributed by atoms with Crippen molar-refractivity contribution in [3.05, 3.63) is 42.1 Å². The Morgan fingerprint density at radius 1 is 1.19 bits per heavy atom. The van der Waals surface area contributed by atoms with Crippen molar-refractivity contribution in [3.8, 4) is 11.3 Å². The molecule has 1 amide bonds. The van der Waals surface area contributed by atoms with Crippen molar-refractivity contribution < 1.29 is 4.79 Å². The normalized spacial score (nSPS) is 14.6. The van der Waals surface area contributed by atoms with E-state index < -0.39 is 0 Å². The summed E-state index contributed by atoms with van der Waals surface area (Å²) >= 11 is 0. The maximum absolute atomic E-state index is 12.7. The van der Waals surface area contributed by atoms with Crippen LogP contribution in [-0.4, -0.2) is 46.8 Å². The van der Waals surface area contributed by atoms with Gasteiger partial charge in [0.2, 0.25) is 0 Å². The van der Waals surface area contributed by atoms with Gasteiger partial charge in [0.25, 0.3) is 5.91 Å². The van der Waals surface area contributed by atoms with Gasteiger partial charge in [-0.3, -0.25) is 9.48 Å². The van der Waals surface area contributed by atoms with Crippen LogP contribution in [0.1, 0.15) is 10.4 Å². The summed E-state index contributed by atoms with van der Waals surface area (Å²) in [7, 11) is 1.85. The Morgan fingerprint density at radius 2 is 1.86 bits per heavy atom. The van der Waals surface area contributed by atoms with Crippen molar-refractivity contribution >= 4 is 18.3 Å². The standard InChI is InChI=1S/C15H18N4O.ClH/c1-18-11-13(15(20)19-9-7-16-8-10-19)14(17-18)12-5-3-2-4-6-12;/h2-6,11,16H,7-10H2,1H3;1H. The number of amides is 1. The highest BCUT2D eigenvalue weighted by molar-refractivity contribution is 5.99. The van der Waals surface area contributed by atoms with Gasteiger partial charge in [-0.2, -0.15) is 5.10 Å².